The summed E-state index contributed by atoms with van der Waals surface area (Å²) < 4.78 is 22.0. The van der Waals surface area contributed by atoms with Crippen LogP contribution in [0, 0.1) is 5.92 Å². The number of aliphatic imine (C=N–C) groups is 1. The van der Waals surface area contributed by atoms with Crippen LogP contribution in [-0.4, -0.2) is 53.1 Å². The van der Waals surface area contributed by atoms with Crippen molar-refractivity contribution in [1.82, 2.24) is 10.6 Å². The molecule has 8 heteroatoms. The van der Waals surface area contributed by atoms with Crippen LogP contribution in [0.2, 0.25) is 0 Å². The lowest BCUT2D eigenvalue weighted by atomic mass is 10.0. The van der Waals surface area contributed by atoms with E-state index in [4.69, 9.17) is 18.9 Å². The summed E-state index contributed by atoms with van der Waals surface area (Å²) in [5, 5.41) is 6.66. The number of hydrogen-bond donors (Lipinski definition) is 2. The van der Waals surface area contributed by atoms with E-state index in [0.29, 0.717) is 29.7 Å². The zero-order valence-corrected chi connectivity index (χ0v) is 21.2. The van der Waals surface area contributed by atoms with E-state index in [9.17, 15) is 0 Å². The minimum atomic E-state index is 0. The van der Waals surface area contributed by atoms with Gasteiger partial charge in [0.1, 0.15) is 5.75 Å². The van der Waals surface area contributed by atoms with E-state index >= 15 is 0 Å². The number of guanidine groups is 1. The molecule has 0 aliphatic carbocycles. The van der Waals surface area contributed by atoms with Crippen molar-refractivity contribution in [3.8, 4) is 17.2 Å². The van der Waals surface area contributed by atoms with Crippen LogP contribution >= 0.6 is 24.0 Å². The Hall–Kier alpha value is -1.42. The second kappa shape index (κ2) is 15.4. The Morgan fingerprint density at radius 1 is 0.966 bits per heavy atom. The second-order valence-electron chi connectivity index (χ2n) is 6.67. The summed E-state index contributed by atoms with van der Waals surface area (Å²) in [6.07, 6.45) is 1.17. The highest BCUT2D eigenvalue weighted by Gasteiger charge is 2.14. The van der Waals surface area contributed by atoms with Crippen LogP contribution in [0.4, 0.5) is 0 Å². The fraction of sp³-hybridized carbons (Fsp3) is 0.667. The molecule has 0 heterocycles. The molecule has 168 valence electrons. The first-order valence-electron chi connectivity index (χ1n) is 9.93. The van der Waals surface area contributed by atoms with Crippen LogP contribution in [0.15, 0.2) is 17.1 Å². The molecule has 0 aromatic heterocycles. The van der Waals surface area contributed by atoms with E-state index < -0.39 is 0 Å². The number of nitrogens with zero attached hydrogens (tertiary/aromatic N) is 1. The number of methoxy groups -OCH3 is 3. The first kappa shape index (κ1) is 27.6. The summed E-state index contributed by atoms with van der Waals surface area (Å²) in [6, 6.07) is 3.72. The largest absolute Gasteiger partial charge is 0.496 e. The zero-order chi connectivity index (χ0) is 20.9. The molecule has 0 spiro atoms. The van der Waals surface area contributed by atoms with Gasteiger partial charge < -0.3 is 29.6 Å². The van der Waals surface area contributed by atoms with Crippen LogP contribution in [0.25, 0.3) is 0 Å². The predicted molar refractivity (Wildman–Crippen MR) is 129 cm³/mol. The van der Waals surface area contributed by atoms with Crippen molar-refractivity contribution in [2.45, 2.75) is 46.8 Å². The van der Waals surface area contributed by atoms with E-state index in [-0.39, 0.29) is 30.1 Å². The summed E-state index contributed by atoms with van der Waals surface area (Å²) in [6.45, 7) is 11.2. The van der Waals surface area contributed by atoms with Crippen LogP contribution in [0.1, 0.15) is 39.7 Å². The quantitative estimate of drug-likeness (QED) is 0.247. The SMILES string of the molecule is CCNC(=NCc1cc(OC)c(OC)cc1OC)NCCC(OCC)C(C)C.I. The highest BCUT2D eigenvalue weighted by atomic mass is 127. The van der Waals surface area contributed by atoms with E-state index in [1.54, 1.807) is 21.3 Å². The third kappa shape index (κ3) is 9.29. The van der Waals surface area contributed by atoms with Crippen LogP contribution < -0.4 is 24.8 Å². The molecule has 0 bridgehead atoms. The van der Waals surface area contributed by atoms with Crippen molar-refractivity contribution in [3.63, 3.8) is 0 Å². The van der Waals surface area contributed by atoms with E-state index in [0.717, 1.165) is 37.6 Å². The molecule has 0 saturated carbocycles. The maximum absolute atomic E-state index is 5.81. The van der Waals surface area contributed by atoms with Gasteiger partial charge in [0.05, 0.1) is 34.0 Å². The number of hydrogen-bond acceptors (Lipinski definition) is 5. The highest BCUT2D eigenvalue weighted by Crippen LogP contribution is 2.34. The third-order valence-electron chi connectivity index (χ3n) is 4.38. The first-order chi connectivity index (χ1) is 13.5. The highest BCUT2D eigenvalue weighted by molar-refractivity contribution is 14.0. The first-order valence-corrected chi connectivity index (χ1v) is 9.93. The van der Waals surface area contributed by atoms with Crippen molar-refractivity contribution in [2.75, 3.05) is 41.0 Å². The molecule has 2 N–H and O–H groups in total. The molecular formula is C21H38IN3O4. The lowest BCUT2D eigenvalue weighted by Crippen LogP contribution is -2.39. The van der Waals surface area contributed by atoms with Crippen molar-refractivity contribution in [2.24, 2.45) is 10.9 Å². The van der Waals surface area contributed by atoms with Crippen LogP contribution in [0.5, 0.6) is 17.2 Å². The zero-order valence-electron chi connectivity index (χ0n) is 18.8. The predicted octanol–water partition coefficient (Wildman–Crippen LogP) is 3.84. The average Bonchev–Trinajstić information content (AvgIpc) is 2.70. The molecular weight excluding hydrogens is 485 g/mol. The van der Waals surface area contributed by atoms with E-state index in [1.807, 2.05) is 26.0 Å². The summed E-state index contributed by atoms with van der Waals surface area (Å²) in [4.78, 5) is 4.69. The number of nitrogens with one attached hydrogen (secondary N) is 2. The van der Waals surface area contributed by atoms with Gasteiger partial charge in [-0.1, -0.05) is 13.8 Å². The Bertz CT molecular complexity index is 612. The lowest BCUT2D eigenvalue weighted by molar-refractivity contribution is 0.0258. The van der Waals surface area contributed by atoms with Gasteiger partial charge in [-0.2, -0.15) is 0 Å². The van der Waals surface area contributed by atoms with Gasteiger partial charge in [0.25, 0.3) is 0 Å². The molecule has 0 aliphatic rings. The van der Waals surface area contributed by atoms with Gasteiger partial charge in [0, 0.05) is 31.3 Å². The molecule has 0 fully saturated rings. The van der Waals surface area contributed by atoms with Gasteiger partial charge >= 0.3 is 0 Å². The molecule has 7 nitrogen and oxygen atoms in total. The minimum Gasteiger partial charge on any atom is -0.496 e. The Kier molecular flexibility index (Phi) is 14.7. The van der Waals surface area contributed by atoms with Crippen molar-refractivity contribution in [1.29, 1.82) is 0 Å². The van der Waals surface area contributed by atoms with Gasteiger partial charge in [-0.25, -0.2) is 4.99 Å². The Morgan fingerprint density at radius 3 is 2.10 bits per heavy atom. The molecule has 0 aliphatic heterocycles. The summed E-state index contributed by atoms with van der Waals surface area (Å²) in [5.41, 5.74) is 0.923. The average molecular weight is 523 g/mol. The van der Waals surface area contributed by atoms with Gasteiger partial charge in [-0.05, 0) is 32.3 Å². The number of rotatable bonds is 12. The van der Waals surface area contributed by atoms with Gasteiger partial charge in [0.15, 0.2) is 17.5 Å². The molecule has 1 atom stereocenters. The monoisotopic (exact) mass is 523 g/mol. The molecule has 0 radical (unpaired) electrons. The number of halogens is 1. The fourth-order valence-corrected chi connectivity index (χ4v) is 2.88. The van der Waals surface area contributed by atoms with Crippen LogP contribution in [-0.2, 0) is 11.3 Å². The maximum atomic E-state index is 5.81. The summed E-state index contributed by atoms with van der Waals surface area (Å²) in [5.74, 6) is 3.25. The standard InChI is InChI=1S/C21H37N3O4.HI/c1-8-22-21(23-11-10-17(15(3)4)28-9-2)24-14-16-12-19(26-6)20(27-7)13-18(16)25-5;/h12-13,15,17H,8-11,14H2,1-7H3,(H2,22,23,24);1H. The molecule has 1 aromatic rings. The van der Waals surface area contributed by atoms with Crippen molar-refractivity contribution >= 4 is 29.9 Å². The lowest BCUT2D eigenvalue weighted by Gasteiger charge is -2.21. The van der Waals surface area contributed by atoms with Crippen LogP contribution in [0.3, 0.4) is 0 Å². The topological polar surface area (TPSA) is 73.3 Å². The number of ether oxygens (including phenoxy) is 4. The molecule has 0 saturated heterocycles. The fourth-order valence-electron chi connectivity index (χ4n) is 2.88. The maximum Gasteiger partial charge on any atom is 0.191 e. The smallest absolute Gasteiger partial charge is 0.191 e. The molecule has 1 unspecified atom stereocenters. The molecule has 0 amide bonds. The second-order valence-corrected chi connectivity index (χ2v) is 6.67. The summed E-state index contributed by atoms with van der Waals surface area (Å²) >= 11 is 0. The number of benzene rings is 1. The van der Waals surface area contributed by atoms with E-state index in [1.165, 1.54) is 0 Å². The normalized spacial score (nSPS) is 12.2. The Labute approximate surface area is 192 Å². The van der Waals surface area contributed by atoms with Gasteiger partial charge in [-0.3, -0.25) is 0 Å². The Balaban J connectivity index is 0.00000784. The van der Waals surface area contributed by atoms with Crippen molar-refractivity contribution < 1.29 is 18.9 Å². The van der Waals surface area contributed by atoms with Crippen molar-refractivity contribution in [3.05, 3.63) is 17.7 Å². The van der Waals surface area contributed by atoms with E-state index in [2.05, 4.69) is 29.5 Å². The van der Waals surface area contributed by atoms with Gasteiger partial charge in [-0.15, -0.1) is 24.0 Å². The molecule has 1 aromatic carbocycles. The molecule has 29 heavy (non-hydrogen) atoms. The summed E-state index contributed by atoms with van der Waals surface area (Å²) in [7, 11) is 4.86. The Morgan fingerprint density at radius 2 is 1.59 bits per heavy atom. The minimum absolute atomic E-state index is 0. The van der Waals surface area contributed by atoms with Gasteiger partial charge in [0.2, 0.25) is 0 Å². The molecule has 1 rings (SSSR count). The third-order valence-corrected chi connectivity index (χ3v) is 4.38.